The summed E-state index contributed by atoms with van der Waals surface area (Å²) in [5.74, 6) is 2.11. The Labute approximate surface area is 211 Å². The topological polar surface area (TPSA) is 114 Å². The summed E-state index contributed by atoms with van der Waals surface area (Å²) in [5.41, 5.74) is 3.30. The normalized spacial score (nSPS) is 10.6. The first-order chi connectivity index (χ1) is 17.6. The van der Waals surface area contributed by atoms with Gasteiger partial charge in [-0.05, 0) is 66.9 Å². The third-order valence-electron chi connectivity index (χ3n) is 5.12. The summed E-state index contributed by atoms with van der Waals surface area (Å²) >= 11 is 1.52. The Hall–Kier alpha value is -4.70. The van der Waals surface area contributed by atoms with E-state index in [4.69, 9.17) is 9.26 Å². The predicted octanol–water partition coefficient (Wildman–Crippen LogP) is 6.25. The maximum absolute atomic E-state index is 12.6. The van der Waals surface area contributed by atoms with Crippen molar-refractivity contribution in [2.45, 2.75) is 6.92 Å². The van der Waals surface area contributed by atoms with Crippen LogP contribution in [0.25, 0.3) is 10.6 Å². The highest BCUT2D eigenvalue weighted by atomic mass is 32.1. The van der Waals surface area contributed by atoms with Gasteiger partial charge >= 0.3 is 0 Å². The Bertz CT molecular complexity index is 1460. The fraction of sp³-hybridized carbons (Fsp3) is 0.0769. The summed E-state index contributed by atoms with van der Waals surface area (Å²) in [6.45, 7) is 1.90. The highest BCUT2D eigenvalue weighted by molar-refractivity contribution is 7.13. The van der Waals surface area contributed by atoms with Crippen LogP contribution in [-0.2, 0) is 0 Å². The van der Waals surface area contributed by atoms with E-state index in [1.165, 1.54) is 11.3 Å². The molecule has 2 aromatic carbocycles. The molecule has 0 unspecified atom stereocenters. The fourth-order valence-corrected chi connectivity index (χ4v) is 4.06. The van der Waals surface area contributed by atoms with E-state index in [2.05, 4.69) is 31.1 Å². The van der Waals surface area contributed by atoms with Crippen molar-refractivity contribution in [2.75, 3.05) is 23.1 Å². The van der Waals surface area contributed by atoms with Crippen molar-refractivity contribution in [2.24, 2.45) is 0 Å². The molecule has 10 heteroatoms. The molecule has 3 heterocycles. The number of ether oxygens (including phenoxy) is 1. The Morgan fingerprint density at radius 1 is 0.917 bits per heavy atom. The van der Waals surface area contributed by atoms with E-state index in [0.29, 0.717) is 23.2 Å². The minimum Gasteiger partial charge on any atom is -0.497 e. The Balaban J connectivity index is 1.22. The molecule has 0 bridgehead atoms. The first-order valence-electron chi connectivity index (χ1n) is 11.0. The quantitative estimate of drug-likeness (QED) is 0.230. The molecule has 0 aliphatic rings. The van der Waals surface area contributed by atoms with E-state index in [1.54, 1.807) is 25.3 Å². The van der Waals surface area contributed by atoms with Crippen LogP contribution in [0, 0.1) is 6.92 Å². The molecule has 0 saturated carbocycles. The van der Waals surface area contributed by atoms with Gasteiger partial charge in [-0.2, -0.15) is 4.98 Å². The second-order valence-electron chi connectivity index (χ2n) is 7.78. The number of nitrogens with zero attached hydrogens (tertiary/aromatic N) is 3. The highest BCUT2D eigenvalue weighted by Gasteiger charge is 2.14. The number of anilines is 5. The molecule has 3 N–H and O–H groups in total. The summed E-state index contributed by atoms with van der Waals surface area (Å²) in [5, 5.41) is 15.1. The van der Waals surface area contributed by atoms with E-state index in [0.717, 1.165) is 27.7 Å². The summed E-state index contributed by atoms with van der Waals surface area (Å²) in [6, 6.07) is 22.1. The van der Waals surface area contributed by atoms with Crippen molar-refractivity contribution in [3.05, 3.63) is 89.6 Å². The van der Waals surface area contributed by atoms with E-state index in [9.17, 15) is 4.79 Å². The fourth-order valence-electron chi connectivity index (χ4n) is 3.39. The van der Waals surface area contributed by atoms with Crippen molar-refractivity contribution in [3.63, 3.8) is 0 Å². The van der Waals surface area contributed by atoms with Crippen LogP contribution in [0.1, 0.15) is 16.2 Å². The van der Waals surface area contributed by atoms with Gasteiger partial charge in [-0.3, -0.25) is 4.79 Å². The molecular formula is C26H22N6O3S. The zero-order valence-corrected chi connectivity index (χ0v) is 20.3. The second kappa shape index (κ2) is 10.3. The molecule has 0 aliphatic heterocycles. The van der Waals surface area contributed by atoms with Gasteiger partial charge in [-0.15, -0.1) is 11.3 Å². The molecule has 0 spiro atoms. The van der Waals surface area contributed by atoms with Crippen molar-refractivity contribution < 1.29 is 14.1 Å². The maximum atomic E-state index is 12.6. The molecule has 36 heavy (non-hydrogen) atoms. The van der Waals surface area contributed by atoms with Crippen molar-refractivity contribution in [3.8, 4) is 16.4 Å². The van der Waals surface area contributed by atoms with Crippen LogP contribution in [0.5, 0.6) is 5.75 Å². The number of carbonyl (C=O) groups excluding carboxylic acids is 1. The van der Waals surface area contributed by atoms with Crippen LogP contribution in [-0.4, -0.2) is 28.1 Å². The number of rotatable bonds is 8. The van der Waals surface area contributed by atoms with E-state index >= 15 is 0 Å². The Morgan fingerprint density at radius 3 is 2.36 bits per heavy atom. The standard InChI is InChI=1S/C26H22N6O3S/c1-16-14-24(28-17-9-11-20(34-2)12-10-17)31-26(27-16)30-19-7-5-18(6-8-19)29-25(33)21-15-22(35-32-21)23-4-3-13-36-23/h3-15H,1-2H3,(H,29,33)(H2,27,28,30,31). The predicted molar refractivity (Wildman–Crippen MR) is 141 cm³/mol. The van der Waals surface area contributed by atoms with Crippen LogP contribution in [0.15, 0.2) is 82.7 Å². The third-order valence-corrected chi connectivity index (χ3v) is 6.01. The van der Waals surface area contributed by atoms with Gasteiger partial charge in [0.2, 0.25) is 5.95 Å². The lowest BCUT2D eigenvalue weighted by Gasteiger charge is -2.11. The largest absolute Gasteiger partial charge is 0.497 e. The van der Waals surface area contributed by atoms with Gasteiger partial charge in [-0.1, -0.05) is 11.2 Å². The first kappa shape index (κ1) is 23.1. The van der Waals surface area contributed by atoms with Crippen molar-refractivity contribution >= 4 is 46.1 Å². The van der Waals surface area contributed by atoms with Gasteiger partial charge in [0.15, 0.2) is 11.5 Å². The summed E-state index contributed by atoms with van der Waals surface area (Å²) in [7, 11) is 1.63. The molecule has 0 saturated heterocycles. The maximum Gasteiger partial charge on any atom is 0.277 e. The van der Waals surface area contributed by atoms with E-state index in [-0.39, 0.29) is 11.6 Å². The van der Waals surface area contributed by atoms with Gasteiger partial charge in [-0.25, -0.2) is 4.98 Å². The average Bonchev–Trinajstić information content (AvgIpc) is 3.58. The number of carbonyl (C=O) groups is 1. The van der Waals surface area contributed by atoms with Crippen LogP contribution < -0.4 is 20.7 Å². The Morgan fingerprint density at radius 2 is 1.64 bits per heavy atom. The molecule has 0 atom stereocenters. The van der Waals surface area contributed by atoms with E-state index < -0.39 is 0 Å². The molecule has 0 radical (unpaired) electrons. The zero-order chi connectivity index (χ0) is 24.9. The number of aryl methyl sites for hydroxylation is 1. The van der Waals surface area contributed by atoms with Crippen LogP contribution in [0.2, 0.25) is 0 Å². The van der Waals surface area contributed by atoms with Gasteiger partial charge in [0.25, 0.3) is 5.91 Å². The van der Waals surface area contributed by atoms with Crippen molar-refractivity contribution in [1.82, 2.24) is 15.1 Å². The molecule has 9 nitrogen and oxygen atoms in total. The number of hydrogen-bond acceptors (Lipinski definition) is 9. The number of methoxy groups -OCH3 is 1. The molecule has 3 aromatic heterocycles. The number of benzene rings is 2. The van der Waals surface area contributed by atoms with Crippen LogP contribution in [0.4, 0.5) is 28.8 Å². The molecule has 5 aromatic rings. The van der Waals surface area contributed by atoms with Crippen LogP contribution in [0.3, 0.4) is 0 Å². The monoisotopic (exact) mass is 498 g/mol. The molecule has 0 fully saturated rings. The highest BCUT2D eigenvalue weighted by Crippen LogP contribution is 2.26. The third kappa shape index (κ3) is 5.50. The number of hydrogen-bond donors (Lipinski definition) is 3. The molecule has 1 amide bonds. The average molecular weight is 499 g/mol. The summed E-state index contributed by atoms with van der Waals surface area (Å²) in [6.07, 6.45) is 0. The molecule has 180 valence electrons. The zero-order valence-electron chi connectivity index (χ0n) is 19.5. The lowest BCUT2D eigenvalue weighted by atomic mass is 10.2. The van der Waals surface area contributed by atoms with Gasteiger partial charge in [0.1, 0.15) is 11.6 Å². The summed E-state index contributed by atoms with van der Waals surface area (Å²) in [4.78, 5) is 22.5. The van der Waals surface area contributed by atoms with E-state index in [1.807, 2.05) is 66.9 Å². The first-order valence-corrected chi connectivity index (χ1v) is 11.9. The van der Waals surface area contributed by atoms with Gasteiger partial charge in [0, 0.05) is 34.9 Å². The molecule has 0 aliphatic carbocycles. The summed E-state index contributed by atoms with van der Waals surface area (Å²) < 4.78 is 10.5. The lowest BCUT2D eigenvalue weighted by Crippen LogP contribution is -2.12. The smallest absolute Gasteiger partial charge is 0.277 e. The van der Waals surface area contributed by atoms with Gasteiger partial charge < -0.3 is 25.2 Å². The minimum absolute atomic E-state index is 0.214. The number of thiophene rings is 1. The Kier molecular flexibility index (Phi) is 6.59. The second-order valence-corrected chi connectivity index (χ2v) is 8.73. The van der Waals surface area contributed by atoms with Crippen molar-refractivity contribution in [1.29, 1.82) is 0 Å². The number of nitrogens with one attached hydrogen (secondary N) is 3. The number of amides is 1. The lowest BCUT2D eigenvalue weighted by molar-refractivity contribution is 0.101. The van der Waals surface area contributed by atoms with Crippen LogP contribution >= 0.6 is 11.3 Å². The molecular weight excluding hydrogens is 476 g/mol. The number of aromatic nitrogens is 3. The van der Waals surface area contributed by atoms with Gasteiger partial charge in [0.05, 0.1) is 12.0 Å². The minimum atomic E-state index is -0.349. The SMILES string of the molecule is COc1ccc(Nc2cc(C)nc(Nc3ccc(NC(=O)c4cc(-c5cccs5)on4)cc3)n2)cc1. The molecule has 5 rings (SSSR count).